The van der Waals surface area contributed by atoms with E-state index in [0.717, 1.165) is 45.9 Å². The lowest BCUT2D eigenvalue weighted by atomic mass is 10.00. The van der Waals surface area contributed by atoms with Crippen LogP contribution in [0.1, 0.15) is 60.1 Å². The molecule has 2 heterocycles. The number of nitrogens with zero attached hydrogens (tertiary/aromatic N) is 2. The first-order valence-corrected chi connectivity index (χ1v) is 19.6. The summed E-state index contributed by atoms with van der Waals surface area (Å²) < 4.78 is 33.6. The van der Waals surface area contributed by atoms with E-state index in [9.17, 15) is 19.2 Å². The Balaban J connectivity index is 0.883. The Morgan fingerprint density at radius 1 is 0.517 bits per heavy atom. The van der Waals surface area contributed by atoms with Crippen molar-refractivity contribution in [2.75, 3.05) is 53.5 Å². The van der Waals surface area contributed by atoms with Crippen LogP contribution in [0.2, 0.25) is 0 Å². The summed E-state index contributed by atoms with van der Waals surface area (Å²) in [6, 6.07) is 35.7. The third kappa shape index (κ3) is 12.4. The molecular formula is C46H50N2O10. The van der Waals surface area contributed by atoms with Crippen molar-refractivity contribution in [3.05, 3.63) is 144 Å². The number of rotatable bonds is 16. The number of carbonyl (C=O) groups excluding carboxylic acids is 4. The zero-order valence-electron chi connectivity index (χ0n) is 32.9. The normalized spacial score (nSPS) is 16.7. The predicted molar refractivity (Wildman–Crippen MR) is 215 cm³/mol. The largest absolute Gasteiger partial charge is 0.497 e. The van der Waals surface area contributed by atoms with Crippen molar-refractivity contribution in [3.8, 4) is 11.5 Å². The van der Waals surface area contributed by atoms with Crippen LogP contribution in [0.15, 0.2) is 121 Å². The molecule has 4 aromatic rings. The lowest BCUT2D eigenvalue weighted by molar-refractivity contribution is -0.160. The van der Waals surface area contributed by atoms with Crippen molar-refractivity contribution in [3.63, 3.8) is 0 Å². The van der Waals surface area contributed by atoms with Gasteiger partial charge in [0.05, 0.1) is 39.5 Å². The molecule has 0 N–H and O–H groups in total. The first-order valence-electron chi connectivity index (χ1n) is 19.6. The van der Waals surface area contributed by atoms with Crippen LogP contribution in [0.4, 0.5) is 0 Å². The molecule has 4 aromatic carbocycles. The van der Waals surface area contributed by atoms with Crippen LogP contribution in [0, 0.1) is 0 Å². The second-order valence-corrected chi connectivity index (χ2v) is 14.3. The second-order valence-electron chi connectivity index (χ2n) is 14.3. The minimum Gasteiger partial charge on any atom is -0.497 e. The number of carbonyl (C=O) groups is 4. The van der Waals surface area contributed by atoms with Crippen LogP contribution in [0.3, 0.4) is 0 Å². The van der Waals surface area contributed by atoms with Crippen LogP contribution in [-0.4, -0.2) is 99.4 Å². The van der Waals surface area contributed by atoms with Crippen molar-refractivity contribution in [1.29, 1.82) is 0 Å². The zero-order chi connectivity index (χ0) is 40.7. The smallest absolute Gasteiger partial charge is 0.338 e. The fourth-order valence-electron chi connectivity index (χ4n) is 7.16. The van der Waals surface area contributed by atoms with Gasteiger partial charge in [0.2, 0.25) is 0 Å². The lowest BCUT2D eigenvalue weighted by Gasteiger charge is -2.33. The van der Waals surface area contributed by atoms with Crippen LogP contribution < -0.4 is 9.47 Å². The van der Waals surface area contributed by atoms with Crippen molar-refractivity contribution in [2.45, 2.75) is 50.1 Å². The van der Waals surface area contributed by atoms with E-state index >= 15 is 0 Å². The van der Waals surface area contributed by atoms with E-state index in [-0.39, 0.29) is 37.5 Å². The van der Waals surface area contributed by atoms with Crippen molar-refractivity contribution in [2.24, 2.45) is 0 Å². The average Bonchev–Trinajstić information content (AvgIpc) is 3.26. The third-order valence-corrected chi connectivity index (χ3v) is 10.3. The summed E-state index contributed by atoms with van der Waals surface area (Å²) in [5, 5.41) is 0. The molecule has 0 amide bonds. The standard InChI is InChI=1S/C46H50N2O10/c1-53-37-17-13-35(14-18-37)45(33-9-5-3-6-10-33)55-39-23-27-47(28-24-39)31-43(51)57-41(49)21-22-42(50)58-44(52)32-48-29-25-40(26-30-48)56-46(34-11-7-4-8-12-34)36-15-19-38(54-2)20-16-36/h3-22,39-40,45-46H,23-32H2,1-2H3/b22-21-. The third-order valence-electron chi connectivity index (χ3n) is 10.3. The highest BCUT2D eigenvalue weighted by Crippen LogP contribution is 2.33. The quantitative estimate of drug-likeness (QED) is 0.0724. The van der Waals surface area contributed by atoms with Gasteiger partial charge >= 0.3 is 23.9 Å². The lowest BCUT2D eigenvalue weighted by Crippen LogP contribution is -2.41. The van der Waals surface area contributed by atoms with Gasteiger partial charge in [0.25, 0.3) is 0 Å². The van der Waals surface area contributed by atoms with E-state index in [0.29, 0.717) is 51.9 Å². The molecule has 12 nitrogen and oxygen atoms in total. The highest BCUT2D eigenvalue weighted by molar-refractivity contribution is 5.99. The molecule has 2 atom stereocenters. The molecule has 0 bridgehead atoms. The second kappa shape index (κ2) is 21.2. The molecule has 12 heteroatoms. The van der Waals surface area contributed by atoms with Gasteiger partial charge in [0.1, 0.15) is 23.7 Å². The molecule has 0 spiro atoms. The van der Waals surface area contributed by atoms with Crippen molar-refractivity contribution in [1.82, 2.24) is 9.80 Å². The number of piperidine rings is 2. The van der Waals surface area contributed by atoms with Crippen LogP contribution in [0.5, 0.6) is 11.5 Å². The summed E-state index contributed by atoms with van der Waals surface area (Å²) in [5.74, 6) is -2.00. The molecule has 58 heavy (non-hydrogen) atoms. The molecule has 2 fully saturated rings. The van der Waals surface area contributed by atoms with Gasteiger partial charge in [-0.2, -0.15) is 0 Å². The van der Waals surface area contributed by atoms with E-state index in [1.165, 1.54) is 0 Å². The molecule has 0 aliphatic carbocycles. The Kier molecular flexibility index (Phi) is 15.3. The van der Waals surface area contributed by atoms with E-state index in [1.54, 1.807) is 14.2 Å². The van der Waals surface area contributed by atoms with Gasteiger partial charge in [0.15, 0.2) is 0 Å². The molecule has 0 saturated carbocycles. The van der Waals surface area contributed by atoms with Gasteiger partial charge < -0.3 is 28.4 Å². The molecule has 0 radical (unpaired) electrons. The predicted octanol–water partition coefficient (Wildman–Crippen LogP) is 6.24. The summed E-state index contributed by atoms with van der Waals surface area (Å²) in [6.45, 7) is 2.11. The number of esters is 4. The summed E-state index contributed by atoms with van der Waals surface area (Å²) in [7, 11) is 3.26. The van der Waals surface area contributed by atoms with Gasteiger partial charge in [0, 0.05) is 38.3 Å². The summed E-state index contributed by atoms with van der Waals surface area (Å²) in [5.41, 5.74) is 4.11. The Morgan fingerprint density at radius 2 is 0.845 bits per heavy atom. The van der Waals surface area contributed by atoms with Gasteiger partial charge in [-0.1, -0.05) is 84.9 Å². The Hall–Kier alpha value is -5.66. The SMILES string of the molecule is COc1ccc(C(OC2CCN(CC(=O)OC(=O)/C=C\C(=O)OC(=O)CN3CCC(OC(c4ccccc4)c4ccc(OC)cc4)CC3)CC2)c2ccccc2)cc1. The highest BCUT2D eigenvalue weighted by Gasteiger charge is 2.28. The topological polar surface area (TPSA) is 130 Å². The highest BCUT2D eigenvalue weighted by atomic mass is 16.6. The maximum absolute atomic E-state index is 12.5. The average molecular weight is 791 g/mol. The Labute approximate surface area is 339 Å². The Bertz CT molecular complexity index is 1810. The van der Waals surface area contributed by atoms with Gasteiger partial charge in [-0.05, 0) is 72.2 Å². The molecular weight excluding hydrogens is 741 g/mol. The van der Waals surface area contributed by atoms with Crippen molar-refractivity contribution < 1.29 is 47.6 Å². The number of ether oxygens (including phenoxy) is 6. The van der Waals surface area contributed by atoms with E-state index in [2.05, 4.69) is 0 Å². The summed E-state index contributed by atoms with van der Waals surface area (Å²) in [6.07, 6.45) is 3.71. The number of hydrogen-bond donors (Lipinski definition) is 0. The molecule has 0 aromatic heterocycles. The first kappa shape index (κ1) is 42.0. The number of benzene rings is 4. The fourth-order valence-corrected chi connectivity index (χ4v) is 7.16. The van der Waals surface area contributed by atoms with E-state index in [4.69, 9.17) is 28.4 Å². The number of likely N-dealkylation sites (tertiary alicyclic amines) is 2. The monoisotopic (exact) mass is 790 g/mol. The maximum Gasteiger partial charge on any atom is 0.338 e. The summed E-state index contributed by atoms with van der Waals surface area (Å²) in [4.78, 5) is 53.5. The molecule has 2 saturated heterocycles. The van der Waals surface area contributed by atoms with Gasteiger partial charge in [-0.3, -0.25) is 19.4 Å². The minimum absolute atomic E-state index is 0.0397. The number of hydrogen-bond acceptors (Lipinski definition) is 12. The van der Waals surface area contributed by atoms with Crippen molar-refractivity contribution >= 4 is 23.9 Å². The van der Waals surface area contributed by atoms with Crippen LogP contribution >= 0.6 is 0 Å². The summed E-state index contributed by atoms with van der Waals surface area (Å²) >= 11 is 0. The molecule has 2 aliphatic heterocycles. The number of methoxy groups -OCH3 is 2. The molecule has 2 aliphatic rings. The Morgan fingerprint density at radius 3 is 1.17 bits per heavy atom. The van der Waals surface area contributed by atoms with Gasteiger partial charge in [-0.15, -0.1) is 0 Å². The molecule has 304 valence electrons. The van der Waals surface area contributed by atoms with Crippen LogP contribution in [-0.2, 0) is 38.1 Å². The van der Waals surface area contributed by atoms with E-state index in [1.807, 2.05) is 119 Å². The minimum atomic E-state index is -1.02. The fraction of sp³-hybridized carbons (Fsp3) is 0.348. The van der Waals surface area contributed by atoms with E-state index < -0.39 is 23.9 Å². The maximum atomic E-state index is 12.5. The molecule has 2 unspecified atom stereocenters. The zero-order valence-corrected chi connectivity index (χ0v) is 32.9. The van der Waals surface area contributed by atoms with Gasteiger partial charge in [-0.25, -0.2) is 9.59 Å². The molecule has 6 rings (SSSR count). The van der Waals surface area contributed by atoms with Crippen LogP contribution in [0.25, 0.3) is 0 Å². The first-order chi connectivity index (χ1) is 28.3.